The van der Waals surface area contributed by atoms with E-state index in [1.54, 1.807) is 25.7 Å². The zero-order chi connectivity index (χ0) is 17.9. The summed E-state index contributed by atoms with van der Waals surface area (Å²) in [6, 6.07) is 8.50. The van der Waals surface area contributed by atoms with Crippen molar-refractivity contribution in [3.05, 3.63) is 54.1 Å². The molecule has 0 radical (unpaired) electrons. The zero-order valence-electron chi connectivity index (χ0n) is 15.0. The molecule has 2 aromatic rings. The molecule has 1 aromatic carbocycles. The highest BCUT2D eigenvalue weighted by Crippen LogP contribution is 2.29. The van der Waals surface area contributed by atoms with Crippen LogP contribution in [0.2, 0.25) is 0 Å². The van der Waals surface area contributed by atoms with Crippen LogP contribution < -0.4 is 4.74 Å². The van der Waals surface area contributed by atoms with Crippen LogP contribution in [0, 0.1) is 5.92 Å². The summed E-state index contributed by atoms with van der Waals surface area (Å²) in [6.07, 6.45) is 7.00. The minimum atomic E-state index is 0.0131. The number of hydrogen-bond donors (Lipinski definition) is 0. The highest BCUT2D eigenvalue weighted by molar-refractivity contribution is 5.92. The van der Waals surface area contributed by atoms with Crippen LogP contribution >= 0.6 is 0 Å². The number of amides is 1. The monoisotopic (exact) mass is 352 g/mol. The van der Waals surface area contributed by atoms with Crippen molar-refractivity contribution in [1.29, 1.82) is 0 Å². The molecule has 0 spiro atoms. The van der Waals surface area contributed by atoms with E-state index in [4.69, 9.17) is 4.74 Å². The highest BCUT2D eigenvalue weighted by Gasteiger charge is 2.37. The molecule has 26 heavy (non-hydrogen) atoms. The van der Waals surface area contributed by atoms with Gasteiger partial charge in [-0.25, -0.2) is 4.98 Å². The highest BCUT2D eigenvalue weighted by atomic mass is 16.5. The molecule has 6 nitrogen and oxygen atoms in total. The quantitative estimate of drug-likeness (QED) is 0.844. The number of aromatic nitrogens is 2. The number of methoxy groups -OCH3 is 1. The molecular formula is C20H24N4O2. The molecule has 0 N–H and O–H groups in total. The van der Waals surface area contributed by atoms with Gasteiger partial charge in [0, 0.05) is 44.6 Å². The number of carbonyl (C=O) groups is 1. The fourth-order valence-electron chi connectivity index (χ4n) is 4.10. The zero-order valence-corrected chi connectivity index (χ0v) is 15.0. The Balaban J connectivity index is 1.46. The fraction of sp³-hybridized carbons (Fsp3) is 0.450. The summed E-state index contributed by atoms with van der Waals surface area (Å²) >= 11 is 0. The van der Waals surface area contributed by atoms with Gasteiger partial charge in [-0.3, -0.25) is 14.7 Å². The molecule has 3 aliphatic rings. The number of nitrogens with zero attached hydrogens (tertiary/aromatic N) is 4. The van der Waals surface area contributed by atoms with Gasteiger partial charge in [-0.05, 0) is 36.5 Å². The number of carbonyl (C=O) groups excluding carboxylic acids is 1. The number of piperidine rings is 1. The SMILES string of the molecule is COc1ccc(CN2CC3CCC(C2)N(C(=O)c2cnccn2)C3)cc1. The molecule has 3 aliphatic heterocycles. The molecule has 2 bridgehead atoms. The van der Waals surface area contributed by atoms with Crippen molar-refractivity contribution in [2.24, 2.45) is 5.92 Å². The summed E-state index contributed by atoms with van der Waals surface area (Å²) in [5.41, 5.74) is 1.72. The molecule has 0 aliphatic carbocycles. The van der Waals surface area contributed by atoms with Crippen molar-refractivity contribution in [3.8, 4) is 5.75 Å². The first kappa shape index (κ1) is 17.0. The van der Waals surface area contributed by atoms with Gasteiger partial charge in [0.25, 0.3) is 5.91 Å². The maximum absolute atomic E-state index is 12.9. The first-order valence-electron chi connectivity index (χ1n) is 9.15. The summed E-state index contributed by atoms with van der Waals surface area (Å²) in [5.74, 6) is 1.41. The first-order chi connectivity index (χ1) is 12.7. The van der Waals surface area contributed by atoms with Crippen LogP contribution in [0.15, 0.2) is 42.9 Å². The standard InChI is InChI=1S/C20H24N4O2/c1-26-18-6-3-15(4-7-18)11-23-12-16-2-5-17(14-23)24(13-16)20(25)19-10-21-8-9-22-19/h3-4,6-10,16-17H,2,5,11-14H2,1H3. The topological polar surface area (TPSA) is 58.6 Å². The van der Waals surface area contributed by atoms with Gasteiger partial charge in [-0.2, -0.15) is 0 Å². The lowest BCUT2D eigenvalue weighted by Crippen LogP contribution is -2.47. The number of fused-ring (bicyclic) bond motifs is 4. The van der Waals surface area contributed by atoms with E-state index in [0.717, 1.165) is 38.3 Å². The van der Waals surface area contributed by atoms with Gasteiger partial charge in [-0.15, -0.1) is 0 Å². The van der Waals surface area contributed by atoms with Gasteiger partial charge in [0.05, 0.1) is 13.3 Å². The van der Waals surface area contributed by atoms with Crippen LogP contribution in [0.4, 0.5) is 0 Å². The third-order valence-electron chi connectivity index (χ3n) is 5.40. The Kier molecular flexibility index (Phi) is 4.84. The minimum absolute atomic E-state index is 0.0131. The smallest absolute Gasteiger partial charge is 0.274 e. The van der Waals surface area contributed by atoms with Crippen molar-refractivity contribution in [2.45, 2.75) is 25.4 Å². The van der Waals surface area contributed by atoms with Crippen LogP contribution in [-0.4, -0.2) is 58.5 Å². The third kappa shape index (κ3) is 3.55. The second kappa shape index (κ2) is 7.41. The molecule has 5 rings (SSSR count). The molecule has 4 heterocycles. The lowest BCUT2D eigenvalue weighted by atomic mass is 9.95. The Morgan fingerprint density at radius 2 is 2.00 bits per heavy atom. The van der Waals surface area contributed by atoms with E-state index in [1.807, 2.05) is 17.0 Å². The predicted molar refractivity (Wildman–Crippen MR) is 97.9 cm³/mol. The summed E-state index contributed by atoms with van der Waals surface area (Å²) < 4.78 is 5.24. The Labute approximate surface area is 153 Å². The summed E-state index contributed by atoms with van der Waals surface area (Å²) in [6.45, 7) is 3.67. The van der Waals surface area contributed by atoms with Crippen LogP contribution in [0.1, 0.15) is 28.9 Å². The second-order valence-electron chi connectivity index (χ2n) is 7.19. The van der Waals surface area contributed by atoms with Crippen molar-refractivity contribution in [3.63, 3.8) is 0 Å². The number of benzene rings is 1. The first-order valence-corrected chi connectivity index (χ1v) is 9.15. The van der Waals surface area contributed by atoms with E-state index in [9.17, 15) is 4.79 Å². The van der Waals surface area contributed by atoms with Gasteiger partial charge in [0.2, 0.25) is 0 Å². The number of rotatable bonds is 4. The summed E-state index contributed by atoms with van der Waals surface area (Å²) in [7, 11) is 1.68. The van der Waals surface area contributed by atoms with Crippen molar-refractivity contribution in [2.75, 3.05) is 26.7 Å². The summed E-state index contributed by atoms with van der Waals surface area (Å²) in [5, 5.41) is 0. The molecule has 136 valence electrons. The van der Waals surface area contributed by atoms with Crippen LogP contribution in [0.5, 0.6) is 5.75 Å². The lowest BCUT2D eigenvalue weighted by Gasteiger charge is -2.36. The average molecular weight is 352 g/mol. The molecule has 3 saturated heterocycles. The molecule has 6 heteroatoms. The Bertz CT molecular complexity index is 750. The van der Waals surface area contributed by atoms with E-state index in [2.05, 4.69) is 27.0 Å². The van der Waals surface area contributed by atoms with Crippen molar-refractivity contribution >= 4 is 5.91 Å². The van der Waals surface area contributed by atoms with Gasteiger partial charge < -0.3 is 9.64 Å². The maximum Gasteiger partial charge on any atom is 0.274 e. The molecule has 3 fully saturated rings. The van der Waals surface area contributed by atoms with Crippen LogP contribution in [-0.2, 0) is 6.54 Å². The van der Waals surface area contributed by atoms with E-state index in [0.29, 0.717) is 11.6 Å². The largest absolute Gasteiger partial charge is 0.497 e. The number of ether oxygens (including phenoxy) is 1. The van der Waals surface area contributed by atoms with E-state index in [1.165, 1.54) is 12.0 Å². The molecular weight excluding hydrogens is 328 g/mol. The van der Waals surface area contributed by atoms with E-state index in [-0.39, 0.29) is 11.9 Å². The molecule has 0 saturated carbocycles. The second-order valence-corrected chi connectivity index (χ2v) is 7.19. The van der Waals surface area contributed by atoms with Gasteiger partial charge in [-0.1, -0.05) is 12.1 Å². The molecule has 1 amide bonds. The van der Waals surface area contributed by atoms with Crippen LogP contribution in [0.25, 0.3) is 0 Å². The van der Waals surface area contributed by atoms with Gasteiger partial charge in [0.15, 0.2) is 0 Å². The minimum Gasteiger partial charge on any atom is -0.497 e. The Hall–Kier alpha value is -2.47. The van der Waals surface area contributed by atoms with E-state index >= 15 is 0 Å². The van der Waals surface area contributed by atoms with E-state index < -0.39 is 0 Å². The number of hydrogen-bond acceptors (Lipinski definition) is 5. The predicted octanol–water partition coefficient (Wildman–Crippen LogP) is 2.22. The molecule has 2 atom stereocenters. The van der Waals surface area contributed by atoms with Crippen molar-refractivity contribution < 1.29 is 9.53 Å². The summed E-state index contributed by atoms with van der Waals surface area (Å²) in [4.78, 5) is 25.6. The van der Waals surface area contributed by atoms with Gasteiger partial charge >= 0.3 is 0 Å². The average Bonchev–Trinajstić information content (AvgIpc) is 2.99. The Morgan fingerprint density at radius 3 is 2.73 bits per heavy atom. The van der Waals surface area contributed by atoms with Gasteiger partial charge in [0.1, 0.15) is 11.4 Å². The fourth-order valence-corrected chi connectivity index (χ4v) is 4.10. The lowest BCUT2D eigenvalue weighted by molar-refractivity contribution is 0.0578. The third-order valence-corrected chi connectivity index (χ3v) is 5.40. The molecule has 1 aromatic heterocycles. The van der Waals surface area contributed by atoms with Crippen LogP contribution in [0.3, 0.4) is 0 Å². The van der Waals surface area contributed by atoms with Crippen molar-refractivity contribution in [1.82, 2.24) is 19.8 Å². The normalized spacial score (nSPS) is 22.9. The molecule has 2 unspecified atom stereocenters. The maximum atomic E-state index is 12.9. The Morgan fingerprint density at radius 1 is 1.15 bits per heavy atom.